The summed E-state index contributed by atoms with van der Waals surface area (Å²) in [6, 6.07) is 15.6. The Labute approximate surface area is 154 Å². The number of nitrogens with zero attached hydrogens (tertiary/aromatic N) is 2. The Bertz CT molecular complexity index is 1090. The van der Waals surface area contributed by atoms with Gasteiger partial charge in [0.15, 0.2) is 0 Å². The molecule has 5 nitrogen and oxygen atoms in total. The van der Waals surface area contributed by atoms with Gasteiger partial charge in [0, 0.05) is 27.5 Å². The van der Waals surface area contributed by atoms with Gasteiger partial charge >= 0.3 is 5.97 Å². The summed E-state index contributed by atoms with van der Waals surface area (Å²) in [6.45, 7) is 2.08. The first kappa shape index (κ1) is 16.6. The lowest BCUT2D eigenvalue weighted by atomic mass is 10.1. The molecule has 0 aliphatic heterocycles. The minimum absolute atomic E-state index is 0.258. The molecule has 0 amide bonds. The Morgan fingerprint density at radius 2 is 1.88 bits per heavy atom. The first-order valence-corrected chi connectivity index (χ1v) is 9.27. The van der Waals surface area contributed by atoms with Gasteiger partial charge in [-0.15, -0.1) is 5.10 Å². The standard InChI is InChI=1S/C20H16N2O3S/c1-2-24-20(23)18-16(15-9-5-6-10-17(15)25-18)12-26-19-14-8-4-3-7-13(14)11-21-22-19/h3-11H,2,12H2,1H3. The second-order valence-corrected chi connectivity index (χ2v) is 6.62. The van der Waals surface area contributed by atoms with Crippen LogP contribution in [0.4, 0.5) is 0 Å². The third-order valence-corrected chi connectivity index (χ3v) is 5.06. The number of esters is 1. The minimum Gasteiger partial charge on any atom is -0.460 e. The summed E-state index contributed by atoms with van der Waals surface area (Å²) in [6.07, 6.45) is 1.75. The summed E-state index contributed by atoms with van der Waals surface area (Å²) in [5, 5.41) is 12.1. The van der Waals surface area contributed by atoms with E-state index in [9.17, 15) is 4.79 Å². The summed E-state index contributed by atoms with van der Waals surface area (Å²) in [5.41, 5.74) is 1.49. The van der Waals surface area contributed by atoms with Crippen molar-refractivity contribution in [2.24, 2.45) is 0 Å². The largest absolute Gasteiger partial charge is 0.460 e. The van der Waals surface area contributed by atoms with Crippen LogP contribution in [-0.2, 0) is 10.5 Å². The van der Waals surface area contributed by atoms with Crippen LogP contribution in [0, 0.1) is 0 Å². The third kappa shape index (κ3) is 3.04. The molecule has 0 aliphatic carbocycles. The van der Waals surface area contributed by atoms with Gasteiger partial charge in [0.25, 0.3) is 0 Å². The molecule has 0 fully saturated rings. The lowest BCUT2D eigenvalue weighted by Crippen LogP contribution is -2.05. The molecule has 4 aromatic rings. The van der Waals surface area contributed by atoms with Gasteiger partial charge in [-0.25, -0.2) is 4.79 Å². The number of thioether (sulfide) groups is 1. The maximum absolute atomic E-state index is 12.3. The molecule has 0 spiro atoms. The maximum Gasteiger partial charge on any atom is 0.374 e. The maximum atomic E-state index is 12.3. The monoisotopic (exact) mass is 364 g/mol. The van der Waals surface area contributed by atoms with Crippen molar-refractivity contribution in [2.75, 3.05) is 6.61 Å². The summed E-state index contributed by atoms with van der Waals surface area (Å²) in [5.74, 6) is 0.352. The fourth-order valence-electron chi connectivity index (χ4n) is 2.85. The molecule has 130 valence electrons. The van der Waals surface area contributed by atoms with Gasteiger partial charge in [-0.3, -0.25) is 0 Å². The molecule has 0 atom stereocenters. The molecule has 0 radical (unpaired) electrons. The highest BCUT2D eigenvalue weighted by Gasteiger charge is 2.22. The Morgan fingerprint density at radius 1 is 1.12 bits per heavy atom. The van der Waals surface area contributed by atoms with E-state index in [0.717, 1.165) is 26.7 Å². The zero-order valence-corrected chi connectivity index (χ0v) is 15.0. The van der Waals surface area contributed by atoms with E-state index in [0.29, 0.717) is 17.9 Å². The predicted molar refractivity (Wildman–Crippen MR) is 101 cm³/mol. The van der Waals surface area contributed by atoms with Crippen LogP contribution in [0.5, 0.6) is 0 Å². The number of aromatic nitrogens is 2. The molecular formula is C20H16N2O3S. The molecule has 0 saturated carbocycles. The normalized spacial score (nSPS) is 11.1. The Balaban J connectivity index is 1.72. The van der Waals surface area contributed by atoms with E-state index in [1.54, 1.807) is 13.1 Å². The molecule has 0 N–H and O–H groups in total. The first-order valence-electron chi connectivity index (χ1n) is 8.28. The van der Waals surface area contributed by atoms with Crippen LogP contribution in [-0.4, -0.2) is 22.8 Å². The minimum atomic E-state index is -0.441. The van der Waals surface area contributed by atoms with E-state index >= 15 is 0 Å². The summed E-state index contributed by atoms with van der Waals surface area (Å²) in [7, 11) is 0. The fraction of sp³-hybridized carbons (Fsp3) is 0.150. The van der Waals surface area contributed by atoms with Crippen LogP contribution in [0.2, 0.25) is 0 Å². The smallest absolute Gasteiger partial charge is 0.374 e. The molecule has 26 heavy (non-hydrogen) atoms. The average Bonchev–Trinajstić information content (AvgIpc) is 3.05. The van der Waals surface area contributed by atoms with E-state index in [4.69, 9.17) is 9.15 Å². The summed E-state index contributed by atoms with van der Waals surface area (Å²) < 4.78 is 10.9. The van der Waals surface area contributed by atoms with E-state index < -0.39 is 5.97 Å². The number of carbonyl (C=O) groups is 1. The van der Waals surface area contributed by atoms with Crippen molar-refractivity contribution in [3.8, 4) is 0 Å². The van der Waals surface area contributed by atoms with Crippen LogP contribution in [0.25, 0.3) is 21.7 Å². The number of ether oxygens (including phenoxy) is 1. The zero-order chi connectivity index (χ0) is 17.9. The SMILES string of the molecule is CCOC(=O)c1oc2ccccc2c1CSc1nncc2ccccc12. The number of benzene rings is 2. The van der Waals surface area contributed by atoms with Crippen molar-refractivity contribution in [3.63, 3.8) is 0 Å². The molecule has 2 heterocycles. The molecule has 4 rings (SSSR count). The van der Waals surface area contributed by atoms with Crippen molar-refractivity contribution in [3.05, 3.63) is 66.1 Å². The van der Waals surface area contributed by atoms with Crippen molar-refractivity contribution in [1.82, 2.24) is 10.2 Å². The van der Waals surface area contributed by atoms with Gasteiger partial charge in [0.2, 0.25) is 5.76 Å². The number of fused-ring (bicyclic) bond motifs is 2. The quantitative estimate of drug-likeness (QED) is 0.373. The molecule has 0 unspecified atom stereocenters. The zero-order valence-electron chi connectivity index (χ0n) is 14.1. The van der Waals surface area contributed by atoms with Crippen LogP contribution in [0.15, 0.2) is 64.2 Å². The highest BCUT2D eigenvalue weighted by Crippen LogP contribution is 2.33. The summed E-state index contributed by atoms with van der Waals surface area (Å²) >= 11 is 1.53. The molecule has 2 aromatic heterocycles. The van der Waals surface area contributed by atoms with Crippen LogP contribution >= 0.6 is 11.8 Å². The van der Waals surface area contributed by atoms with Crippen LogP contribution in [0.1, 0.15) is 23.0 Å². The van der Waals surface area contributed by atoms with Crippen LogP contribution in [0.3, 0.4) is 0 Å². The van der Waals surface area contributed by atoms with Gasteiger partial charge in [-0.05, 0) is 13.0 Å². The van der Waals surface area contributed by atoms with Gasteiger partial charge in [-0.1, -0.05) is 54.2 Å². The third-order valence-electron chi connectivity index (χ3n) is 4.05. The topological polar surface area (TPSA) is 65.2 Å². The summed E-state index contributed by atoms with van der Waals surface area (Å²) in [4.78, 5) is 12.3. The second-order valence-electron chi connectivity index (χ2n) is 5.65. The number of furan rings is 1. The van der Waals surface area contributed by atoms with Gasteiger partial charge in [-0.2, -0.15) is 5.10 Å². The van der Waals surface area contributed by atoms with Gasteiger partial charge in [0.05, 0.1) is 12.8 Å². The number of carbonyl (C=O) groups excluding carboxylic acids is 1. The second kappa shape index (κ2) is 7.17. The molecule has 6 heteroatoms. The number of hydrogen-bond acceptors (Lipinski definition) is 6. The number of para-hydroxylation sites is 1. The molecule has 0 bridgehead atoms. The predicted octanol–water partition coefficient (Wildman–Crippen LogP) is 4.85. The Kier molecular flexibility index (Phi) is 4.58. The lowest BCUT2D eigenvalue weighted by molar-refractivity contribution is 0.0491. The van der Waals surface area contributed by atoms with Crippen LogP contribution < -0.4 is 0 Å². The van der Waals surface area contributed by atoms with Crippen molar-refractivity contribution < 1.29 is 13.9 Å². The van der Waals surface area contributed by atoms with E-state index in [-0.39, 0.29) is 5.76 Å². The van der Waals surface area contributed by atoms with Gasteiger partial charge in [0.1, 0.15) is 10.6 Å². The van der Waals surface area contributed by atoms with E-state index in [2.05, 4.69) is 10.2 Å². The van der Waals surface area contributed by atoms with E-state index in [1.165, 1.54) is 11.8 Å². The van der Waals surface area contributed by atoms with E-state index in [1.807, 2.05) is 48.5 Å². The van der Waals surface area contributed by atoms with Gasteiger partial charge < -0.3 is 9.15 Å². The van der Waals surface area contributed by atoms with Crippen molar-refractivity contribution in [2.45, 2.75) is 17.7 Å². The number of rotatable bonds is 5. The highest BCUT2D eigenvalue weighted by atomic mass is 32.2. The molecule has 0 saturated heterocycles. The Hall–Kier alpha value is -2.86. The Morgan fingerprint density at radius 3 is 2.73 bits per heavy atom. The molecule has 0 aliphatic rings. The fourth-order valence-corrected chi connectivity index (χ4v) is 3.87. The highest BCUT2D eigenvalue weighted by molar-refractivity contribution is 7.98. The lowest BCUT2D eigenvalue weighted by Gasteiger charge is -2.05. The van der Waals surface area contributed by atoms with Crippen molar-refractivity contribution >= 4 is 39.5 Å². The molecule has 2 aromatic carbocycles. The average molecular weight is 364 g/mol. The first-order chi connectivity index (χ1) is 12.8. The molecular weight excluding hydrogens is 348 g/mol. The number of hydrogen-bond donors (Lipinski definition) is 0. The van der Waals surface area contributed by atoms with Crippen molar-refractivity contribution in [1.29, 1.82) is 0 Å².